The number of nitrogens with zero attached hydrogens (tertiary/aromatic N) is 1. The Kier molecular flexibility index (Phi) is 5.11. The molecule has 0 spiro atoms. The Balaban J connectivity index is 1.26. The fourth-order valence-electron chi connectivity index (χ4n) is 5.37. The zero-order valence-electron chi connectivity index (χ0n) is 14.9. The lowest BCUT2D eigenvalue weighted by Gasteiger charge is -2.40. The highest BCUT2D eigenvalue weighted by Crippen LogP contribution is 2.44. The minimum atomic E-state index is -0.101. The molecule has 0 aromatic carbocycles. The second-order valence-corrected chi connectivity index (χ2v) is 8.51. The number of hydrogen-bond acceptors (Lipinski definition) is 4. The average molecular weight is 335 g/mol. The van der Waals surface area contributed by atoms with Gasteiger partial charge in [0.25, 0.3) is 0 Å². The maximum Gasteiger partial charge on any atom is 0.228 e. The van der Waals surface area contributed by atoms with E-state index in [1.54, 1.807) is 0 Å². The van der Waals surface area contributed by atoms with Crippen LogP contribution in [0.15, 0.2) is 0 Å². The van der Waals surface area contributed by atoms with Gasteiger partial charge in [-0.25, -0.2) is 0 Å². The second kappa shape index (κ2) is 7.30. The number of ether oxygens (including phenoxy) is 1. The highest BCUT2D eigenvalue weighted by atomic mass is 16.5. The summed E-state index contributed by atoms with van der Waals surface area (Å²) in [4.78, 5) is 15.6. The minimum Gasteiger partial charge on any atom is -0.381 e. The molecule has 136 valence electrons. The summed E-state index contributed by atoms with van der Waals surface area (Å²) >= 11 is 0. The molecule has 5 nitrogen and oxygen atoms in total. The van der Waals surface area contributed by atoms with Crippen molar-refractivity contribution >= 4 is 5.91 Å². The van der Waals surface area contributed by atoms with Crippen LogP contribution < -0.4 is 10.6 Å². The summed E-state index contributed by atoms with van der Waals surface area (Å²) in [6, 6.07) is 0.381. The first-order chi connectivity index (χ1) is 11.8. The Morgan fingerprint density at radius 2 is 2.08 bits per heavy atom. The minimum absolute atomic E-state index is 0.101. The number of rotatable bonds is 4. The number of nitrogens with one attached hydrogen (secondary N) is 2. The van der Waals surface area contributed by atoms with Crippen LogP contribution in [0, 0.1) is 17.3 Å². The van der Waals surface area contributed by atoms with Gasteiger partial charge in [-0.05, 0) is 50.5 Å². The lowest BCUT2D eigenvalue weighted by molar-refractivity contribution is -0.135. The predicted octanol–water partition coefficient (Wildman–Crippen LogP) is 1.38. The maximum absolute atomic E-state index is 13.0. The van der Waals surface area contributed by atoms with Crippen molar-refractivity contribution in [2.45, 2.75) is 51.0 Å². The molecule has 0 aromatic rings. The monoisotopic (exact) mass is 335 g/mol. The van der Waals surface area contributed by atoms with Crippen LogP contribution in [0.5, 0.6) is 0 Å². The number of amides is 1. The highest BCUT2D eigenvalue weighted by molar-refractivity contribution is 5.84. The molecule has 5 heteroatoms. The third kappa shape index (κ3) is 3.35. The van der Waals surface area contributed by atoms with E-state index in [9.17, 15) is 4.79 Å². The van der Waals surface area contributed by atoms with Crippen molar-refractivity contribution in [2.24, 2.45) is 17.3 Å². The van der Waals surface area contributed by atoms with Crippen molar-refractivity contribution < 1.29 is 9.53 Å². The summed E-state index contributed by atoms with van der Waals surface area (Å²) in [6.45, 7) is 7.23. The van der Waals surface area contributed by atoms with Crippen molar-refractivity contribution in [3.05, 3.63) is 0 Å². The second-order valence-electron chi connectivity index (χ2n) is 8.51. The lowest BCUT2D eigenvalue weighted by Crippen LogP contribution is -2.53. The van der Waals surface area contributed by atoms with Crippen LogP contribution in [-0.2, 0) is 9.53 Å². The highest BCUT2D eigenvalue weighted by Gasteiger charge is 2.50. The first kappa shape index (κ1) is 16.8. The molecule has 0 aromatic heterocycles. The summed E-state index contributed by atoms with van der Waals surface area (Å²) in [5.74, 6) is 1.64. The van der Waals surface area contributed by atoms with Gasteiger partial charge in [0.05, 0.1) is 12.0 Å². The van der Waals surface area contributed by atoms with Crippen LogP contribution >= 0.6 is 0 Å². The van der Waals surface area contributed by atoms with Gasteiger partial charge in [0.2, 0.25) is 5.91 Å². The fourth-order valence-corrected chi connectivity index (χ4v) is 5.37. The van der Waals surface area contributed by atoms with E-state index in [0.717, 1.165) is 64.6 Å². The lowest BCUT2D eigenvalue weighted by atomic mass is 9.67. The molecule has 3 heterocycles. The maximum atomic E-state index is 13.0. The quantitative estimate of drug-likeness (QED) is 0.815. The van der Waals surface area contributed by atoms with Gasteiger partial charge in [-0.1, -0.05) is 12.8 Å². The van der Waals surface area contributed by atoms with Gasteiger partial charge in [0.15, 0.2) is 0 Å². The molecule has 1 amide bonds. The first-order valence-corrected chi connectivity index (χ1v) is 10.1. The molecule has 4 rings (SSSR count). The summed E-state index contributed by atoms with van der Waals surface area (Å²) < 4.78 is 5.49. The van der Waals surface area contributed by atoms with Gasteiger partial charge in [0.1, 0.15) is 0 Å². The molecule has 0 radical (unpaired) electrons. The normalized spacial score (nSPS) is 38.2. The van der Waals surface area contributed by atoms with E-state index < -0.39 is 0 Å². The Bertz CT molecular complexity index is 444. The van der Waals surface area contributed by atoms with Crippen LogP contribution in [-0.4, -0.2) is 62.8 Å². The van der Waals surface area contributed by atoms with Gasteiger partial charge in [-0.2, -0.15) is 0 Å². The molecular weight excluding hydrogens is 302 g/mol. The van der Waals surface area contributed by atoms with Crippen molar-refractivity contribution in [3.63, 3.8) is 0 Å². The van der Waals surface area contributed by atoms with E-state index in [-0.39, 0.29) is 5.41 Å². The van der Waals surface area contributed by atoms with E-state index in [2.05, 4.69) is 15.5 Å². The number of likely N-dealkylation sites (tertiary alicyclic amines) is 1. The molecule has 1 unspecified atom stereocenters. The fraction of sp³-hybridized carbons (Fsp3) is 0.947. The molecule has 3 atom stereocenters. The van der Waals surface area contributed by atoms with Crippen molar-refractivity contribution in [1.29, 1.82) is 0 Å². The predicted molar refractivity (Wildman–Crippen MR) is 93.8 cm³/mol. The molecule has 4 fully saturated rings. The number of piperidine rings is 1. The number of fused-ring (bicyclic) bond motifs is 1. The SMILES string of the molecule is O=C(NC1CCN(CC2CCOC2)CC1)[C@@]12CCCC[C@H]1CNC2. The summed E-state index contributed by atoms with van der Waals surface area (Å²) in [5.41, 5.74) is -0.101. The van der Waals surface area contributed by atoms with Crippen LogP contribution in [0.4, 0.5) is 0 Å². The van der Waals surface area contributed by atoms with Crippen LogP contribution in [0.3, 0.4) is 0 Å². The zero-order chi connectivity index (χ0) is 16.4. The summed E-state index contributed by atoms with van der Waals surface area (Å²) in [5, 5.41) is 6.92. The summed E-state index contributed by atoms with van der Waals surface area (Å²) in [6.07, 6.45) is 8.24. The van der Waals surface area contributed by atoms with Crippen LogP contribution in [0.25, 0.3) is 0 Å². The Labute approximate surface area is 145 Å². The van der Waals surface area contributed by atoms with E-state index >= 15 is 0 Å². The Morgan fingerprint density at radius 1 is 1.21 bits per heavy atom. The van der Waals surface area contributed by atoms with Gasteiger partial charge >= 0.3 is 0 Å². The Hall–Kier alpha value is -0.650. The van der Waals surface area contributed by atoms with Crippen molar-refractivity contribution in [1.82, 2.24) is 15.5 Å². The zero-order valence-corrected chi connectivity index (χ0v) is 14.9. The first-order valence-electron chi connectivity index (χ1n) is 10.1. The topological polar surface area (TPSA) is 53.6 Å². The van der Waals surface area contributed by atoms with Gasteiger partial charge < -0.3 is 20.3 Å². The number of carbonyl (C=O) groups excluding carboxylic acids is 1. The molecule has 1 saturated carbocycles. The summed E-state index contributed by atoms with van der Waals surface area (Å²) in [7, 11) is 0. The number of hydrogen-bond donors (Lipinski definition) is 2. The standard InChI is InChI=1S/C19H33N3O2/c23-18(19-7-2-1-3-16(19)11-20-14-19)21-17-4-8-22(9-5-17)12-15-6-10-24-13-15/h15-17,20H,1-14H2,(H,21,23)/t15?,16-,19+/m0/s1. The molecule has 3 aliphatic heterocycles. The van der Waals surface area contributed by atoms with Crippen molar-refractivity contribution in [2.75, 3.05) is 45.9 Å². The molecule has 3 saturated heterocycles. The molecule has 2 N–H and O–H groups in total. The largest absolute Gasteiger partial charge is 0.381 e. The third-order valence-corrected chi connectivity index (χ3v) is 6.95. The van der Waals surface area contributed by atoms with Crippen LogP contribution in [0.2, 0.25) is 0 Å². The molecule has 4 aliphatic rings. The smallest absolute Gasteiger partial charge is 0.228 e. The van der Waals surface area contributed by atoms with Gasteiger partial charge in [0, 0.05) is 38.8 Å². The van der Waals surface area contributed by atoms with E-state index in [1.807, 2.05) is 0 Å². The third-order valence-electron chi connectivity index (χ3n) is 6.95. The van der Waals surface area contributed by atoms with E-state index in [0.29, 0.717) is 17.9 Å². The Morgan fingerprint density at radius 3 is 2.88 bits per heavy atom. The van der Waals surface area contributed by atoms with Gasteiger partial charge in [-0.3, -0.25) is 4.79 Å². The average Bonchev–Trinajstić information content (AvgIpc) is 3.26. The molecular formula is C19H33N3O2. The number of carbonyl (C=O) groups is 1. The van der Waals surface area contributed by atoms with Gasteiger partial charge in [-0.15, -0.1) is 0 Å². The van der Waals surface area contributed by atoms with E-state index in [1.165, 1.54) is 32.2 Å². The van der Waals surface area contributed by atoms with Crippen LogP contribution in [0.1, 0.15) is 44.9 Å². The van der Waals surface area contributed by atoms with Crippen molar-refractivity contribution in [3.8, 4) is 0 Å². The molecule has 1 aliphatic carbocycles. The van der Waals surface area contributed by atoms with E-state index in [4.69, 9.17) is 4.74 Å². The molecule has 24 heavy (non-hydrogen) atoms. The molecule has 0 bridgehead atoms.